The van der Waals surface area contributed by atoms with Gasteiger partial charge in [0, 0.05) is 41.7 Å². The molecule has 1 fully saturated rings. The second-order valence-corrected chi connectivity index (χ2v) is 7.17. The predicted octanol–water partition coefficient (Wildman–Crippen LogP) is 3.82. The molecule has 0 bridgehead atoms. The summed E-state index contributed by atoms with van der Waals surface area (Å²) in [5, 5.41) is 5.09. The molecule has 2 nitrogen and oxygen atoms in total. The van der Waals surface area contributed by atoms with Crippen LogP contribution in [0, 0.1) is 0 Å². The first-order valence-corrected chi connectivity index (χ1v) is 8.93. The third kappa shape index (κ3) is 4.39. The molecule has 2 atom stereocenters. The number of hydrogen-bond donors (Lipinski definition) is 1. The third-order valence-electron chi connectivity index (χ3n) is 4.04. The molecule has 1 N–H and O–H groups in total. The van der Waals surface area contributed by atoms with Gasteiger partial charge in [-0.25, -0.2) is 0 Å². The first kappa shape index (κ1) is 16.2. The molecule has 2 rings (SSSR count). The van der Waals surface area contributed by atoms with Crippen molar-refractivity contribution < 1.29 is 0 Å². The molecule has 1 aliphatic heterocycles. The number of hydrogen-bond acceptors (Lipinski definition) is 3. The number of rotatable bonds is 6. The highest BCUT2D eigenvalue weighted by molar-refractivity contribution is 8.00. The second kappa shape index (κ2) is 8.28. The van der Waals surface area contributed by atoms with E-state index < -0.39 is 0 Å². The van der Waals surface area contributed by atoms with Gasteiger partial charge in [0.2, 0.25) is 0 Å². The van der Waals surface area contributed by atoms with Crippen LogP contribution in [0.15, 0.2) is 24.3 Å². The number of nitrogens with one attached hydrogen (secondary N) is 1. The van der Waals surface area contributed by atoms with E-state index in [2.05, 4.69) is 41.0 Å². The maximum absolute atomic E-state index is 6.31. The fourth-order valence-corrected chi connectivity index (χ4v) is 4.27. The lowest BCUT2D eigenvalue weighted by Gasteiger charge is -2.33. The number of benzene rings is 1. The minimum absolute atomic E-state index is 0.346. The van der Waals surface area contributed by atoms with E-state index in [1.165, 1.54) is 30.8 Å². The molecule has 0 radical (unpaired) electrons. The average molecular weight is 313 g/mol. The van der Waals surface area contributed by atoms with Crippen LogP contribution in [0.4, 0.5) is 0 Å². The van der Waals surface area contributed by atoms with E-state index in [9.17, 15) is 0 Å². The maximum Gasteiger partial charge on any atom is 0.0453 e. The lowest BCUT2D eigenvalue weighted by molar-refractivity contribution is 0.265. The molecule has 1 saturated heterocycles. The summed E-state index contributed by atoms with van der Waals surface area (Å²) in [6.07, 6.45) is 2.39. The second-order valence-electron chi connectivity index (χ2n) is 5.35. The zero-order valence-electron chi connectivity index (χ0n) is 12.4. The van der Waals surface area contributed by atoms with Crippen molar-refractivity contribution in [3.05, 3.63) is 34.9 Å². The Morgan fingerprint density at radius 1 is 1.45 bits per heavy atom. The van der Waals surface area contributed by atoms with E-state index >= 15 is 0 Å². The van der Waals surface area contributed by atoms with Crippen LogP contribution in [0.1, 0.15) is 31.4 Å². The number of thioether (sulfide) groups is 1. The Labute approximate surface area is 132 Å². The molecule has 1 aromatic carbocycles. The number of nitrogens with zero attached hydrogens (tertiary/aromatic N) is 1. The normalized spacial score (nSPS) is 21.9. The number of halogens is 1. The van der Waals surface area contributed by atoms with Gasteiger partial charge in [0.25, 0.3) is 0 Å². The molecule has 20 heavy (non-hydrogen) atoms. The molecule has 0 aromatic heterocycles. The first-order chi connectivity index (χ1) is 9.74. The Hall–Kier alpha value is -0.220. The molecule has 2 unspecified atom stereocenters. The summed E-state index contributed by atoms with van der Waals surface area (Å²) in [5.41, 5.74) is 1.22. The molecule has 1 aliphatic rings. The van der Waals surface area contributed by atoms with Crippen LogP contribution in [-0.4, -0.2) is 42.6 Å². The standard InChI is InChI=1S/C16H25ClN2S/c1-3-13-12-19(10-11-20-13)9-8-16(18-2)14-6-4-5-7-15(14)17/h4-7,13,16,18H,3,8-12H2,1-2H3. The van der Waals surface area contributed by atoms with Gasteiger partial charge >= 0.3 is 0 Å². The molecule has 1 heterocycles. The minimum atomic E-state index is 0.346. The van der Waals surface area contributed by atoms with Gasteiger partial charge in [-0.2, -0.15) is 11.8 Å². The zero-order chi connectivity index (χ0) is 14.4. The molecule has 0 spiro atoms. The van der Waals surface area contributed by atoms with Gasteiger partial charge in [-0.1, -0.05) is 36.7 Å². The van der Waals surface area contributed by atoms with Crippen molar-refractivity contribution in [2.75, 3.05) is 32.4 Å². The molecule has 1 aromatic rings. The highest BCUT2D eigenvalue weighted by Gasteiger charge is 2.20. The molecular weight excluding hydrogens is 288 g/mol. The van der Waals surface area contributed by atoms with Crippen molar-refractivity contribution in [2.24, 2.45) is 0 Å². The van der Waals surface area contributed by atoms with Crippen molar-refractivity contribution in [1.82, 2.24) is 10.2 Å². The largest absolute Gasteiger partial charge is 0.313 e. The molecule has 0 saturated carbocycles. The molecular formula is C16H25ClN2S. The SMILES string of the molecule is CCC1CN(CCC(NC)c2ccccc2Cl)CCS1. The monoisotopic (exact) mass is 312 g/mol. The van der Waals surface area contributed by atoms with E-state index in [1.54, 1.807) is 0 Å². The maximum atomic E-state index is 6.31. The quantitative estimate of drug-likeness (QED) is 0.859. The van der Waals surface area contributed by atoms with Crippen LogP contribution in [0.3, 0.4) is 0 Å². The summed E-state index contributed by atoms with van der Waals surface area (Å²) < 4.78 is 0. The van der Waals surface area contributed by atoms with E-state index in [0.717, 1.165) is 23.2 Å². The fraction of sp³-hybridized carbons (Fsp3) is 0.625. The highest BCUT2D eigenvalue weighted by atomic mass is 35.5. The van der Waals surface area contributed by atoms with Gasteiger partial charge in [-0.05, 0) is 31.5 Å². The summed E-state index contributed by atoms with van der Waals surface area (Å²) in [6.45, 7) is 5.90. The Balaban J connectivity index is 1.89. The van der Waals surface area contributed by atoms with E-state index in [-0.39, 0.29) is 0 Å². The minimum Gasteiger partial charge on any atom is -0.313 e. The van der Waals surface area contributed by atoms with Gasteiger partial charge < -0.3 is 10.2 Å². The van der Waals surface area contributed by atoms with Gasteiger partial charge in [0.15, 0.2) is 0 Å². The van der Waals surface area contributed by atoms with Crippen molar-refractivity contribution in [3.63, 3.8) is 0 Å². The zero-order valence-corrected chi connectivity index (χ0v) is 14.0. The average Bonchev–Trinajstić information content (AvgIpc) is 2.49. The topological polar surface area (TPSA) is 15.3 Å². The lowest BCUT2D eigenvalue weighted by atomic mass is 10.0. The summed E-state index contributed by atoms with van der Waals surface area (Å²) in [4.78, 5) is 2.60. The van der Waals surface area contributed by atoms with Gasteiger partial charge in [-0.15, -0.1) is 0 Å². The van der Waals surface area contributed by atoms with Gasteiger partial charge in [-0.3, -0.25) is 0 Å². The van der Waals surface area contributed by atoms with E-state index in [4.69, 9.17) is 11.6 Å². The van der Waals surface area contributed by atoms with E-state index in [1.807, 2.05) is 19.2 Å². The Bertz CT molecular complexity index is 413. The Morgan fingerprint density at radius 3 is 2.95 bits per heavy atom. The van der Waals surface area contributed by atoms with Crippen LogP contribution >= 0.6 is 23.4 Å². The third-order valence-corrected chi connectivity index (χ3v) is 5.76. The molecule has 112 valence electrons. The molecule has 0 aliphatic carbocycles. The van der Waals surface area contributed by atoms with Gasteiger partial charge in [0.1, 0.15) is 0 Å². The summed E-state index contributed by atoms with van der Waals surface area (Å²) >= 11 is 8.44. The van der Waals surface area contributed by atoms with Crippen LogP contribution in [0.5, 0.6) is 0 Å². The summed E-state index contributed by atoms with van der Waals surface area (Å²) in [5.74, 6) is 1.27. The van der Waals surface area contributed by atoms with Crippen molar-refractivity contribution in [1.29, 1.82) is 0 Å². The smallest absolute Gasteiger partial charge is 0.0453 e. The van der Waals surface area contributed by atoms with Crippen molar-refractivity contribution in [2.45, 2.75) is 31.1 Å². The lowest BCUT2D eigenvalue weighted by Crippen LogP contribution is -2.39. The van der Waals surface area contributed by atoms with Crippen molar-refractivity contribution in [3.8, 4) is 0 Å². The predicted molar refractivity (Wildman–Crippen MR) is 90.8 cm³/mol. The summed E-state index contributed by atoms with van der Waals surface area (Å²) in [6, 6.07) is 8.51. The van der Waals surface area contributed by atoms with Crippen LogP contribution in [-0.2, 0) is 0 Å². The first-order valence-electron chi connectivity index (χ1n) is 7.50. The van der Waals surface area contributed by atoms with E-state index in [0.29, 0.717) is 6.04 Å². The Kier molecular flexibility index (Phi) is 6.69. The molecule has 4 heteroatoms. The Morgan fingerprint density at radius 2 is 2.25 bits per heavy atom. The van der Waals surface area contributed by atoms with Crippen LogP contribution < -0.4 is 5.32 Å². The highest BCUT2D eigenvalue weighted by Crippen LogP contribution is 2.26. The molecule has 0 amide bonds. The van der Waals surface area contributed by atoms with Gasteiger partial charge in [0.05, 0.1) is 0 Å². The van der Waals surface area contributed by atoms with Crippen LogP contribution in [0.2, 0.25) is 5.02 Å². The fourth-order valence-electron chi connectivity index (χ4n) is 2.76. The van der Waals surface area contributed by atoms with Crippen LogP contribution in [0.25, 0.3) is 0 Å². The summed E-state index contributed by atoms with van der Waals surface area (Å²) in [7, 11) is 2.02. The van der Waals surface area contributed by atoms with Crippen molar-refractivity contribution >= 4 is 23.4 Å².